The number of alkyl halides is 4. The van der Waals surface area contributed by atoms with Gasteiger partial charge in [0.1, 0.15) is 12.2 Å². The lowest BCUT2D eigenvalue weighted by atomic mass is 9.73. The van der Waals surface area contributed by atoms with Gasteiger partial charge in [0, 0.05) is 5.92 Å². The minimum Gasteiger partial charge on any atom is -0.361 e. The fourth-order valence-electron chi connectivity index (χ4n) is 1.78. The minimum atomic E-state index is -4.19. The number of Topliss-reactive ketones (excluding diaryl/α,β-unsaturated/α-hetero) is 1. The molecule has 0 bridgehead atoms. The van der Waals surface area contributed by atoms with Gasteiger partial charge in [-0.2, -0.15) is 8.78 Å². The summed E-state index contributed by atoms with van der Waals surface area (Å²) in [4.78, 5) is 11.8. The fourth-order valence-corrected chi connectivity index (χ4v) is 1.78. The number of halogens is 4. The van der Waals surface area contributed by atoms with Gasteiger partial charge in [0.15, 0.2) is 5.78 Å². The maximum atomic E-state index is 12.7. The molecule has 100 valence electrons. The molecule has 1 aliphatic carbocycles. The van der Waals surface area contributed by atoms with Gasteiger partial charge in [0.25, 0.3) is 0 Å². The normalized spacial score (nSPS) is 19.5. The molecule has 0 heterocycles. The zero-order chi connectivity index (χ0) is 13.3. The summed E-state index contributed by atoms with van der Waals surface area (Å²) in [6, 6.07) is 0. The van der Waals surface area contributed by atoms with Crippen molar-refractivity contribution >= 4 is 5.78 Å². The third-order valence-corrected chi connectivity index (χ3v) is 2.99. The van der Waals surface area contributed by atoms with Gasteiger partial charge in [0.05, 0.1) is 0 Å². The highest BCUT2D eigenvalue weighted by Gasteiger charge is 2.50. The lowest BCUT2D eigenvalue weighted by Gasteiger charge is -2.41. The predicted octanol–water partition coefficient (Wildman–Crippen LogP) is 3.05. The van der Waals surface area contributed by atoms with Crippen LogP contribution in [-0.4, -0.2) is 30.3 Å². The first-order valence-electron chi connectivity index (χ1n) is 5.55. The first-order chi connectivity index (χ1) is 7.71. The van der Waals surface area contributed by atoms with Gasteiger partial charge in [-0.25, -0.2) is 8.78 Å². The van der Waals surface area contributed by atoms with Crippen LogP contribution in [0.5, 0.6) is 0 Å². The number of carbonyl (C=O) groups excluding carboxylic acids is 1. The molecule has 1 aliphatic rings. The highest BCUT2D eigenvalue weighted by molar-refractivity contribution is 5.89. The first-order valence-corrected chi connectivity index (χ1v) is 5.55. The highest BCUT2D eigenvalue weighted by Crippen LogP contribution is 2.40. The number of ketones is 1. The van der Waals surface area contributed by atoms with Crippen molar-refractivity contribution in [3.63, 3.8) is 0 Å². The molecule has 0 aromatic heterocycles. The van der Waals surface area contributed by atoms with E-state index in [1.165, 1.54) is 0 Å². The third-order valence-electron chi connectivity index (χ3n) is 2.99. The second-order valence-corrected chi connectivity index (χ2v) is 4.72. The molecule has 0 aromatic carbocycles. The van der Waals surface area contributed by atoms with Crippen LogP contribution in [-0.2, 0) is 9.53 Å². The van der Waals surface area contributed by atoms with Crippen LogP contribution >= 0.6 is 0 Å². The van der Waals surface area contributed by atoms with E-state index in [9.17, 15) is 22.4 Å². The topological polar surface area (TPSA) is 26.3 Å². The Labute approximate surface area is 97.3 Å². The van der Waals surface area contributed by atoms with Gasteiger partial charge in [-0.05, 0) is 19.3 Å². The highest BCUT2D eigenvalue weighted by atomic mass is 19.3. The Morgan fingerprint density at radius 3 is 2.18 bits per heavy atom. The molecule has 1 rings (SSSR count). The van der Waals surface area contributed by atoms with E-state index in [2.05, 4.69) is 0 Å². The molecule has 0 unspecified atom stereocenters. The monoisotopic (exact) mass is 256 g/mol. The van der Waals surface area contributed by atoms with Crippen molar-refractivity contribution in [2.24, 2.45) is 5.92 Å². The van der Waals surface area contributed by atoms with Crippen LogP contribution in [0.3, 0.4) is 0 Å². The zero-order valence-corrected chi connectivity index (χ0v) is 9.81. The molecule has 0 radical (unpaired) electrons. The second-order valence-electron chi connectivity index (χ2n) is 4.72. The van der Waals surface area contributed by atoms with Gasteiger partial charge in [-0.1, -0.05) is 13.8 Å². The number of hydrogen-bond acceptors (Lipinski definition) is 2. The van der Waals surface area contributed by atoms with Crippen molar-refractivity contribution in [2.75, 3.05) is 6.61 Å². The van der Waals surface area contributed by atoms with E-state index in [1.807, 2.05) is 0 Å². The summed E-state index contributed by atoms with van der Waals surface area (Å²) in [5.41, 5.74) is -1.26. The molecule has 17 heavy (non-hydrogen) atoms. The summed E-state index contributed by atoms with van der Waals surface area (Å²) in [6.45, 7) is 1.87. The van der Waals surface area contributed by atoms with Crippen LogP contribution in [0, 0.1) is 5.92 Å². The Morgan fingerprint density at radius 1 is 1.35 bits per heavy atom. The number of ether oxygens (including phenoxy) is 1. The van der Waals surface area contributed by atoms with E-state index < -0.39 is 24.6 Å². The van der Waals surface area contributed by atoms with Crippen molar-refractivity contribution in [1.82, 2.24) is 0 Å². The molecule has 2 nitrogen and oxygen atoms in total. The van der Waals surface area contributed by atoms with E-state index >= 15 is 0 Å². The smallest absolute Gasteiger partial charge is 0.330 e. The Hall–Kier alpha value is -0.650. The van der Waals surface area contributed by atoms with E-state index in [4.69, 9.17) is 4.74 Å². The lowest BCUT2D eigenvalue weighted by molar-refractivity contribution is -0.210. The Bertz CT molecular complexity index is 285. The van der Waals surface area contributed by atoms with E-state index in [1.54, 1.807) is 13.8 Å². The van der Waals surface area contributed by atoms with Crippen molar-refractivity contribution in [3.8, 4) is 0 Å². The SMILES string of the molecule is CC(C)C(=O)C1(OCC(F)(F)C(F)F)CCC1. The second kappa shape index (κ2) is 4.92. The summed E-state index contributed by atoms with van der Waals surface area (Å²) in [6.07, 6.45) is -2.40. The van der Waals surface area contributed by atoms with Crippen LogP contribution in [0.25, 0.3) is 0 Å². The molecule has 0 spiro atoms. The van der Waals surface area contributed by atoms with E-state index in [0.717, 1.165) is 0 Å². The molecule has 1 saturated carbocycles. The maximum Gasteiger partial charge on any atom is 0.330 e. The van der Waals surface area contributed by atoms with Gasteiger partial charge < -0.3 is 4.74 Å². The average molecular weight is 256 g/mol. The summed E-state index contributed by atoms with van der Waals surface area (Å²) >= 11 is 0. The van der Waals surface area contributed by atoms with Gasteiger partial charge in [-0.15, -0.1) is 0 Å². The number of hydrogen-bond donors (Lipinski definition) is 0. The van der Waals surface area contributed by atoms with Crippen LogP contribution in [0.1, 0.15) is 33.1 Å². The quantitative estimate of drug-likeness (QED) is 0.683. The van der Waals surface area contributed by atoms with Crippen molar-refractivity contribution in [1.29, 1.82) is 0 Å². The largest absolute Gasteiger partial charge is 0.361 e. The Kier molecular flexibility index (Phi) is 4.17. The van der Waals surface area contributed by atoms with Crippen LogP contribution in [0.4, 0.5) is 17.6 Å². The van der Waals surface area contributed by atoms with Gasteiger partial charge in [0.2, 0.25) is 0 Å². The summed E-state index contributed by atoms with van der Waals surface area (Å²) < 4.78 is 54.2. The Balaban J connectivity index is 2.62. The molecule has 0 aliphatic heterocycles. The number of rotatable bonds is 6. The molecule has 0 amide bonds. The average Bonchev–Trinajstić information content (AvgIpc) is 2.15. The van der Waals surface area contributed by atoms with Crippen molar-refractivity contribution < 1.29 is 27.1 Å². The minimum absolute atomic E-state index is 0.284. The number of carbonyl (C=O) groups is 1. The van der Waals surface area contributed by atoms with Gasteiger partial charge >= 0.3 is 12.3 Å². The molecule has 0 aromatic rings. The third kappa shape index (κ3) is 2.97. The maximum absolute atomic E-state index is 12.7. The van der Waals surface area contributed by atoms with E-state index in [-0.39, 0.29) is 11.7 Å². The molecule has 0 N–H and O–H groups in total. The van der Waals surface area contributed by atoms with Gasteiger partial charge in [-0.3, -0.25) is 4.79 Å². The fraction of sp³-hybridized carbons (Fsp3) is 0.909. The molecule has 0 atom stereocenters. The molecular formula is C11H16F4O2. The van der Waals surface area contributed by atoms with E-state index in [0.29, 0.717) is 19.3 Å². The molecule has 1 fully saturated rings. The zero-order valence-electron chi connectivity index (χ0n) is 9.81. The van der Waals surface area contributed by atoms with Crippen molar-refractivity contribution in [2.45, 2.75) is 51.1 Å². The summed E-state index contributed by atoms with van der Waals surface area (Å²) in [5, 5.41) is 0. The molecule has 6 heteroatoms. The standard InChI is InChI=1S/C11H16F4O2/c1-7(2)8(16)10(4-3-5-10)17-6-11(14,15)9(12)13/h7,9H,3-6H2,1-2H3. The van der Waals surface area contributed by atoms with Crippen molar-refractivity contribution in [3.05, 3.63) is 0 Å². The van der Waals surface area contributed by atoms with Crippen LogP contribution < -0.4 is 0 Å². The predicted molar refractivity (Wildman–Crippen MR) is 53.3 cm³/mol. The molecule has 0 saturated heterocycles. The lowest BCUT2D eigenvalue weighted by Crippen LogP contribution is -2.52. The molecular weight excluding hydrogens is 240 g/mol. The summed E-state index contributed by atoms with van der Waals surface area (Å²) in [5.74, 6) is -4.83. The Morgan fingerprint density at radius 2 is 1.88 bits per heavy atom. The van der Waals surface area contributed by atoms with Crippen LogP contribution in [0.2, 0.25) is 0 Å². The summed E-state index contributed by atoms with van der Waals surface area (Å²) in [7, 11) is 0. The first kappa shape index (κ1) is 14.4. The van der Waals surface area contributed by atoms with Crippen LogP contribution in [0.15, 0.2) is 0 Å².